The molecule has 0 radical (unpaired) electrons. The standard InChI is InChI=1S/C19H24N4O2.2ClH/c20-11-4-2-1-3-8-18(24)22-17-7-5-6-15(14-17)19(25)23-16-9-12-21-13-10-16;;/h5-7,9-10,12-14H,1-4,8,11,20H2,(H,22,24)(H,21,23,25);2*1H. The van der Waals surface area contributed by atoms with Crippen molar-refractivity contribution in [2.45, 2.75) is 32.1 Å². The molecule has 0 bridgehead atoms. The first kappa shape index (κ1) is 24.8. The molecule has 0 aliphatic heterocycles. The molecule has 1 aromatic heterocycles. The van der Waals surface area contributed by atoms with Gasteiger partial charge in [0.15, 0.2) is 0 Å². The zero-order chi connectivity index (χ0) is 17.9. The van der Waals surface area contributed by atoms with Gasteiger partial charge in [0.1, 0.15) is 0 Å². The number of nitrogens with zero attached hydrogens (tertiary/aromatic N) is 1. The Morgan fingerprint density at radius 3 is 2.30 bits per heavy atom. The SMILES string of the molecule is Cl.Cl.NCCCCCCC(=O)Nc1cccc(C(=O)Nc2ccncc2)c1. The van der Waals surface area contributed by atoms with Crippen LogP contribution < -0.4 is 16.4 Å². The molecule has 2 amide bonds. The molecule has 0 fully saturated rings. The number of pyridine rings is 1. The van der Waals surface area contributed by atoms with Crippen LogP contribution in [0.1, 0.15) is 42.5 Å². The van der Waals surface area contributed by atoms with E-state index in [4.69, 9.17) is 5.73 Å². The molecule has 0 atom stereocenters. The van der Waals surface area contributed by atoms with Gasteiger partial charge in [0.25, 0.3) is 5.91 Å². The molecule has 148 valence electrons. The number of benzene rings is 1. The second kappa shape index (κ2) is 14.0. The summed E-state index contributed by atoms with van der Waals surface area (Å²) in [6, 6.07) is 10.3. The molecule has 0 saturated carbocycles. The van der Waals surface area contributed by atoms with Crippen molar-refractivity contribution in [3.05, 3.63) is 54.4 Å². The molecule has 27 heavy (non-hydrogen) atoms. The molecule has 6 nitrogen and oxygen atoms in total. The molecule has 1 aromatic carbocycles. The largest absolute Gasteiger partial charge is 0.330 e. The highest BCUT2D eigenvalue weighted by Crippen LogP contribution is 2.14. The summed E-state index contributed by atoms with van der Waals surface area (Å²) in [5.41, 5.74) is 7.22. The third kappa shape index (κ3) is 9.38. The topological polar surface area (TPSA) is 97.1 Å². The van der Waals surface area contributed by atoms with Gasteiger partial charge in [-0.25, -0.2) is 0 Å². The first-order valence-corrected chi connectivity index (χ1v) is 8.50. The van der Waals surface area contributed by atoms with Crippen molar-refractivity contribution in [3.63, 3.8) is 0 Å². The number of unbranched alkanes of at least 4 members (excludes halogenated alkanes) is 3. The lowest BCUT2D eigenvalue weighted by atomic mass is 10.1. The van der Waals surface area contributed by atoms with Gasteiger partial charge >= 0.3 is 0 Å². The van der Waals surface area contributed by atoms with Gasteiger partial charge in [-0.15, -0.1) is 24.8 Å². The number of nitrogens with one attached hydrogen (secondary N) is 2. The van der Waals surface area contributed by atoms with Crippen LogP contribution >= 0.6 is 24.8 Å². The molecule has 0 saturated heterocycles. The lowest BCUT2D eigenvalue weighted by Gasteiger charge is -2.08. The molecule has 4 N–H and O–H groups in total. The summed E-state index contributed by atoms with van der Waals surface area (Å²) >= 11 is 0. The lowest BCUT2D eigenvalue weighted by molar-refractivity contribution is -0.116. The number of aromatic nitrogens is 1. The second-order valence-electron chi connectivity index (χ2n) is 5.77. The number of hydrogen-bond acceptors (Lipinski definition) is 4. The molecule has 0 aliphatic carbocycles. The van der Waals surface area contributed by atoms with Gasteiger partial charge in [-0.3, -0.25) is 14.6 Å². The van der Waals surface area contributed by atoms with E-state index in [1.54, 1.807) is 48.8 Å². The van der Waals surface area contributed by atoms with Crippen molar-refractivity contribution >= 4 is 48.0 Å². The number of carbonyl (C=O) groups is 2. The fourth-order valence-electron chi connectivity index (χ4n) is 2.38. The average Bonchev–Trinajstić information content (AvgIpc) is 2.62. The van der Waals surface area contributed by atoms with Crippen molar-refractivity contribution in [2.75, 3.05) is 17.2 Å². The van der Waals surface area contributed by atoms with E-state index in [2.05, 4.69) is 15.6 Å². The van der Waals surface area contributed by atoms with Crippen LogP contribution in [-0.4, -0.2) is 23.3 Å². The van der Waals surface area contributed by atoms with Crippen LogP contribution in [-0.2, 0) is 4.79 Å². The van der Waals surface area contributed by atoms with E-state index in [0.717, 1.165) is 25.7 Å². The minimum absolute atomic E-state index is 0. The average molecular weight is 413 g/mol. The number of rotatable bonds is 9. The highest BCUT2D eigenvalue weighted by molar-refractivity contribution is 6.05. The molecule has 0 spiro atoms. The Balaban J connectivity index is 0.00000338. The van der Waals surface area contributed by atoms with Gasteiger partial charge in [-0.2, -0.15) is 0 Å². The van der Waals surface area contributed by atoms with E-state index in [9.17, 15) is 9.59 Å². The normalized spacial score (nSPS) is 9.52. The molecular formula is C19H26Cl2N4O2. The first-order chi connectivity index (χ1) is 12.2. The van der Waals surface area contributed by atoms with Crippen LogP contribution in [0.2, 0.25) is 0 Å². The van der Waals surface area contributed by atoms with Crippen LogP contribution in [0.15, 0.2) is 48.8 Å². The van der Waals surface area contributed by atoms with Crippen molar-refractivity contribution in [1.29, 1.82) is 0 Å². The Hall–Kier alpha value is -2.15. The van der Waals surface area contributed by atoms with Crippen molar-refractivity contribution in [1.82, 2.24) is 4.98 Å². The number of amides is 2. The molecule has 8 heteroatoms. The van der Waals surface area contributed by atoms with Crippen molar-refractivity contribution < 1.29 is 9.59 Å². The summed E-state index contributed by atoms with van der Waals surface area (Å²) in [7, 11) is 0. The number of carbonyl (C=O) groups excluding carboxylic acids is 2. The number of anilines is 2. The Kier molecular flexibility index (Phi) is 12.9. The van der Waals surface area contributed by atoms with Gasteiger partial charge in [0.2, 0.25) is 5.91 Å². The summed E-state index contributed by atoms with van der Waals surface area (Å²) in [5, 5.41) is 5.63. The van der Waals surface area contributed by atoms with Crippen LogP contribution in [0.4, 0.5) is 11.4 Å². The van der Waals surface area contributed by atoms with Gasteiger partial charge < -0.3 is 16.4 Å². The second-order valence-corrected chi connectivity index (χ2v) is 5.77. The minimum Gasteiger partial charge on any atom is -0.330 e. The quantitative estimate of drug-likeness (QED) is 0.541. The van der Waals surface area contributed by atoms with Crippen LogP contribution in [0.25, 0.3) is 0 Å². The van der Waals surface area contributed by atoms with E-state index < -0.39 is 0 Å². The summed E-state index contributed by atoms with van der Waals surface area (Å²) in [4.78, 5) is 28.2. The molecule has 0 unspecified atom stereocenters. The maximum absolute atomic E-state index is 12.3. The predicted octanol–water partition coefficient (Wildman–Crippen LogP) is 4.03. The monoisotopic (exact) mass is 412 g/mol. The van der Waals surface area contributed by atoms with Gasteiger partial charge in [-0.1, -0.05) is 18.9 Å². The zero-order valence-electron chi connectivity index (χ0n) is 15.0. The van der Waals surface area contributed by atoms with E-state index in [-0.39, 0.29) is 36.6 Å². The predicted molar refractivity (Wildman–Crippen MR) is 114 cm³/mol. The summed E-state index contributed by atoms with van der Waals surface area (Å²) in [6.07, 6.45) is 7.58. The molecule has 0 aliphatic rings. The highest BCUT2D eigenvalue weighted by atomic mass is 35.5. The van der Waals surface area contributed by atoms with E-state index in [0.29, 0.717) is 29.9 Å². The van der Waals surface area contributed by atoms with Crippen LogP contribution in [0.5, 0.6) is 0 Å². The number of halogens is 2. The third-order valence-electron chi connectivity index (χ3n) is 3.70. The molecule has 1 heterocycles. The van der Waals surface area contributed by atoms with Crippen LogP contribution in [0, 0.1) is 0 Å². The Morgan fingerprint density at radius 2 is 1.59 bits per heavy atom. The number of hydrogen-bond donors (Lipinski definition) is 3. The maximum Gasteiger partial charge on any atom is 0.255 e. The molecule has 2 rings (SSSR count). The summed E-state index contributed by atoms with van der Waals surface area (Å²) in [6.45, 7) is 0.695. The third-order valence-corrected chi connectivity index (χ3v) is 3.70. The fourth-order valence-corrected chi connectivity index (χ4v) is 2.38. The van der Waals surface area contributed by atoms with Crippen LogP contribution in [0.3, 0.4) is 0 Å². The van der Waals surface area contributed by atoms with Crippen molar-refractivity contribution in [2.24, 2.45) is 5.73 Å². The maximum atomic E-state index is 12.3. The Bertz CT molecular complexity index is 699. The van der Waals surface area contributed by atoms with Gasteiger partial charge in [0.05, 0.1) is 0 Å². The zero-order valence-corrected chi connectivity index (χ0v) is 16.7. The summed E-state index contributed by atoms with van der Waals surface area (Å²) in [5.74, 6) is -0.275. The van der Waals surface area contributed by atoms with E-state index in [1.807, 2.05) is 0 Å². The minimum atomic E-state index is -0.232. The summed E-state index contributed by atoms with van der Waals surface area (Å²) < 4.78 is 0. The first-order valence-electron chi connectivity index (χ1n) is 8.50. The number of nitrogens with two attached hydrogens (primary N) is 1. The fraction of sp³-hybridized carbons (Fsp3) is 0.316. The van der Waals surface area contributed by atoms with Gasteiger partial charge in [-0.05, 0) is 49.7 Å². The highest BCUT2D eigenvalue weighted by Gasteiger charge is 2.08. The van der Waals surface area contributed by atoms with E-state index >= 15 is 0 Å². The van der Waals surface area contributed by atoms with Gasteiger partial charge in [0, 0.05) is 35.8 Å². The smallest absolute Gasteiger partial charge is 0.255 e. The Labute approximate surface area is 172 Å². The molecular weight excluding hydrogens is 387 g/mol. The van der Waals surface area contributed by atoms with Crippen molar-refractivity contribution in [3.8, 4) is 0 Å². The lowest BCUT2D eigenvalue weighted by Crippen LogP contribution is -2.14. The van der Waals surface area contributed by atoms with E-state index in [1.165, 1.54) is 0 Å². The molecule has 2 aromatic rings. The Morgan fingerprint density at radius 1 is 0.889 bits per heavy atom.